The number of rotatable bonds is 1. The van der Waals surface area contributed by atoms with Crippen LogP contribution >= 0.6 is 0 Å². The van der Waals surface area contributed by atoms with Crippen molar-refractivity contribution in [2.45, 2.75) is 32.1 Å². The van der Waals surface area contributed by atoms with Gasteiger partial charge in [0.15, 0.2) is 0 Å². The molecule has 1 heteroatoms. The van der Waals surface area contributed by atoms with Gasteiger partial charge in [0.05, 0.1) is 0 Å². The molecule has 0 saturated heterocycles. The van der Waals surface area contributed by atoms with Gasteiger partial charge in [-0.3, -0.25) is 0 Å². The molecule has 0 amide bonds. The standard InChI is InChI=1S/C9H17N/c10-6-8-5-7-3-1-2-4-9(7)8/h7-9H,1-6,10H2/t7-,8+,9-/m1/s1. The predicted molar refractivity (Wildman–Crippen MR) is 42.6 cm³/mol. The van der Waals surface area contributed by atoms with Crippen molar-refractivity contribution < 1.29 is 0 Å². The molecule has 2 aliphatic rings. The molecule has 0 aromatic rings. The van der Waals surface area contributed by atoms with Crippen molar-refractivity contribution >= 4 is 0 Å². The SMILES string of the molecule is NC[C@@H]1C[C@H]2CCCC[C@@H]12. The molecule has 2 fully saturated rings. The minimum atomic E-state index is 0.908. The van der Waals surface area contributed by atoms with Crippen LogP contribution in [0.1, 0.15) is 32.1 Å². The summed E-state index contributed by atoms with van der Waals surface area (Å²) in [4.78, 5) is 0. The summed E-state index contributed by atoms with van der Waals surface area (Å²) in [5.74, 6) is 3.03. The number of hydrogen-bond donors (Lipinski definition) is 1. The predicted octanol–water partition coefficient (Wildman–Crippen LogP) is 1.77. The van der Waals surface area contributed by atoms with Crippen LogP contribution in [-0.4, -0.2) is 6.54 Å². The van der Waals surface area contributed by atoms with E-state index < -0.39 is 0 Å². The van der Waals surface area contributed by atoms with Crippen LogP contribution in [-0.2, 0) is 0 Å². The van der Waals surface area contributed by atoms with Crippen LogP contribution in [0.5, 0.6) is 0 Å². The highest BCUT2D eigenvalue weighted by Gasteiger charge is 2.40. The average Bonchev–Trinajstić information content (AvgIpc) is 1.92. The second-order valence-corrected chi connectivity index (χ2v) is 3.94. The van der Waals surface area contributed by atoms with Crippen LogP contribution < -0.4 is 5.73 Å². The monoisotopic (exact) mass is 139 g/mol. The Balaban J connectivity index is 1.89. The van der Waals surface area contributed by atoms with Gasteiger partial charge in [-0.25, -0.2) is 0 Å². The molecule has 0 aliphatic heterocycles. The van der Waals surface area contributed by atoms with Crippen molar-refractivity contribution in [1.82, 2.24) is 0 Å². The molecule has 1 nitrogen and oxygen atoms in total. The molecule has 0 aromatic carbocycles. The maximum Gasteiger partial charge on any atom is -0.00460 e. The molecule has 2 aliphatic carbocycles. The quantitative estimate of drug-likeness (QED) is 0.588. The normalized spacial score (nSPS) is 45.9. The molecule has 58 valence electrons. The van der Waals surface area contributed by atoms with E-state index in [0.717, 1.165) is 24.3 Å². The molecule has 2 saturated carbocycles. The van der Waals surface area contributed by atoms with Crippen molar-refractivity contribution in [2.75, 3.05) is 6.54 Å². The van der Waals surface area contributed by atoms with E-state index in [4.69, 9.17) is 5.73 Å². The molecular formula is C9H17N. The molecular weight excluding hydrogens is 122 g/mol. The van der Waals surface area contributed by atoms with E-state index in [0.29, 0.717) is 0 Å². The summed E-state index contributed by atoms with van der Waals surface area (Å²) in [6, 6.07) is 0. The third-order valence-electron chi connectivity index (χ3n) is 3.48. The van der Waals surface area contributed by atoms with E-state index in [1.165, 1.54) is 32.1 Å². The largest absolute Gasteiger partial charge is 0.330 e. The third-order valence-corrected chi connectivity index (χ3v) is 3.48. The lowest BCUT2D eigenvalue weighted by atomic mass is 9.59. The molecule has 10 heavy (non-hydrogen) atoms. The Morgan fingerprint density at radius 2 is 2.00 bits per heavy atom. The van der Waals surface area contributed by atoms with E-state index in [1.54, 1.807) is 0 Å². The zero-order chi connectivity index (χ0) is 6.97. The first-order valence-electron chi connectivity index (χ1n) is 4.62. The second-order valence-electron chi connectivity index (χ2n) is 3.94. The van der Waals surface area contributed by atoms with Gasteiger partial charge in [-0.05, 0) is 37.1 Å². The molecule has 0 unspecified atom stereocenters. The lowest BCUT2D eigenvalue weighted by Crippen LogP contribution is -2.42. The maximum absolute atomic E-state index is 5.64. The van der Waals surface area contributed by atoms with Crippen molar-refractivity contribution in [3.8, 4) is 0 Å². The van der Waals surface area contributed by atoms with E-state index in [9.17, 15) is 0 Å². The highest BCUT2D eigenvalue weighted by atomic mass is 14.6. The summed E-state index contributed by atoms with van der Waals surface area (Å²) in [5.41, 5.74) is 5.64. The van der Waals surface area contributed by atoms with Crippen LogP contribution in [0.15, 0.2) is 0 Å². The van der Waals surface area contributed by atoms with Gasteiger partial charge in [-0.15, -0.1) is 0 Å². The Morgan fingerprint density at radius 1 is 1.20 bits per heavy atom. The van der Waals surface area contributed by atoms with Gasteiger partial charge < -0.3 is 5.73 Å². The number of hydrogen-bond acceptors (Lipinski definition) is 1. The van der Waals surface area contributed by atoms with Crippen LogP contribution in [0.3, 0.4) is 0 Å². The fourth-order valence-corrected chi connectivity index (χ4v) is 2.79. The lowest BCUT2D eigenvalue weighted by Gasteiger charge is -2.47. The van der Waals surface area contributed by atoms with Crippen LogP contribution in [0.25, 0.3) is 0 Å². The van der Waals surface area contributed by atoms with E-state index in [-0.39, 0.29) is 0 Å². The first-order valence-corrected chi connectivity index (χ1v) is 4.62. The first kappa shape index (κ1) is 6.66. The number of nitrogens with two attached hydrogens (primary N) is 1. The Labute approximate surface area is 63.0 Å². The molecule has 0 heterocycles. The molecule has 0 radical (unpaired) electrons. The van der Waals surface area contributed by atoms with Crippen molar-refractivity contribution in [3.05, 3.63) is 0 Å². The first-order chi connectivity index (χ1) is 4.92. The topological polar surface area (TPSA) is 26.0 Å². The van der Waals surface area contributed by atoms with Gasteiger partial charge in [0.25, 0.3) is 0 Å². The van der Waals surface area contributed by atoms with Gasteiger partial charge >= 0.3 is 0 Å². The minimum Gasteiger partial charge on any atom is -0.330 e. The molecule has 2 N–H and O–H groups in total. The summed E-state index contributed by atoms with van der Waals surface area (Å²) >= 11 is 0. The van der Waals surface area contributed by atoms with Crippen LogP contribution in [0, 0.1) is 17.8 Å². The van der Waals surface area contributed by atoms with Gasteiger partial charge in [-0.1, -0.05) is 19.3 Å². The molecule has 0 bridgehead atoms. The summed E-state index contributed by atoms with van der Waals surface area (Å²) in [6.07, 6.45) is 7.38. The lowest BCUT2D eigenvalue weighted by molar-refractivity contribution is 0.0355. The molecule has 0 aromatic heterocycles. The van der Waals surface area contributed by atoms with E-state index >= 15 is 0 Å². The van der Waals surface area contributed by atoms with Crippen molar-refractivity contribution in [2.24, 2.45) is 23.5 Å². The van der Waals surface area contributed by atoms with Crippen molar-refractivity contribution in [3.63, 3.8) is 0 Å². The Kier molecular flexibility index (Phi) is 1.69. The van der Waals surface area contributed by atoms with Crippen LogP contribution in [0.4, 0.5) is 0 Å². The zero-order valence-electron chi connectivity index (χ0n) is 6.55. The van der Waals surface area contributed by atoms with Crippen molar-refractivity contribution in [1.29, 1.82) is 0 Å². The summed E-state index contributed by atoms with van der Waals surface area (Å²) in [6.45, 7) is 0.946. The van der Waals surface area contributed by atoms with Gasteiger partial charge in [-0.2, -0.15) is 0 Å². The molecule has 3 atom stereocenters. The third kappa shape index (κ3) is 0.878. The minimum absolute atomic E-state index is 0.908. The fourth-order valence-electron chi connectivity index (χ4n) is 2.79. The summed E-state index contributed by atoms with van der Waals surface area (Å²) in [7, 11) is 0. The van der Waals surface area contributed by atoms with E-state index in [1.807, 2.05) is 0 Å². The molecule has 0 spiro atoms. The Hall–Kier alpha value is -0.0400. The molecule has 2 rings (SSSR count). The summed E-state index contributed by atoms with van der Waals surface area (Å²) in [5, 5.41) is 0. The van der Waals surface area contributed by atoms with Gasteiger partial charge in [0.2, 0.25) is 0 Å². The Morgan fingerprint density at radius 3 is 2.70 bits per heavy atom. The van der Waals surface area contributed by atoms with Gasteiger partial charge in [0.1, 0.15) is 0 Å². The second kappa shape index (κ2) is 2.54. The fraction of sp³-hybridized carbons (Fsp3) is 1.00. The highest BCUT2D eigenvalue weighted by molar-refractivity contribution is 4.91. The average molecular weight is 139 g/mol. The maximum atomic E-state index is 5.64. The number of fused-ring (bicyclic) bond motifs is 1. The smallest absolute Gasteiger partial charge is 0.00460 e. The Bertz CT molecular complexity index is 118. The van der Waals surface area contributed by atoms with E-state index in [2.05, 4.69) is 0 Å². The van der Waals surface area contributed by atoms with Gasteiger partial charge in [0, 0.05) is 0 Å². The summed E-state index contributed by atoms with van der Waals surface area (Å²) < 4.78 is 0. The zero-order valence-corrected chi connectivity index (χ0v) is 6.55. The van der Waals surface area contributed by atoms with Crippen LogP contribution in [0.2, 0.25) is 0 Å². The highest BCUT2D eigenvalue weighted by Crippen LogP contribution is 2.48.